The van der Waals surface area contributed by atoms with Crippen LogP contribution in [-0.4, -0.2) is 9.78 Å². The van der Waals surface area contributed by atoms with Crippen molar-refractivity contribution in [3.05, 3.63) is 63.5 Å². The van der Waals surface area contributed by atoms with Crippen LogP contribution in [0.2, 0.25) is 0 Å². The van der Waals surface area contributed by atoms with Crippen LogP contribution in [0.4, 0.5) is 5.69 Å². The van der Waals surface area contributed by atoms with Crippen LogP contribution in [0.25, 0.3) is 5.69 Å². The molecule has 0 saturated heterocycles. The zero-order chi connectivity index (χ0) is 13.1. The Morgan fingerprint density at radius 2 is 2.05 bits per heavy atom. The molecule has 0 bridgehead atoms. The van der Waals surface area contributed by atoms with Gasteiger partial charge in [0.05, 0.1) is 12.2 Å². The van der Waals surface area contributed by atoms with Crippen molar-refractivity contribution in [1.29, 1.82) is 0 Å². The summed E-state index contributed by atoms with van der Waals surface area (Å²) >= 11 is 5.28. The number of nitrogens with zero attached hydrogens (tertiary/aromatic N) is 2. The molecule has 2 aromatic heterocycles. The summed E-state index contributed by atoms with van der Waals surface area (Å²) < 4.78 is 3.01. The van der Waals surface area contributed by atoms with Crippen LogP contribution >= 0.6 is 27.3 Å². The summed E-state index contributed by atoms with van der Waals surface area (Å²) in [5, 5.41) is 9.70. The Morgan fingerprint density at radius 3 is 2.68 bits per heavy atom. The number of thiophene rings is 1. The zero-order valence-corrected chi connectivity index (χ0v) is 12.5. The molecule has 0 aliphatic rings. The van der Waals surface area contributed by atoms with Crippen molar-refractivity contribution in [1.82, 2.24) is 9.78 Å². The number of anilines is 1. The number of aromatic nitrogens is 2. The van der Waals surface area contributed by atoms with Crippen molar-refractivity contribution in [2.45, 2.75) is 6.54 Å². The predicted molar refractivity (Wildman–Crippen MR) is 82.9 cm³/mol. The first-order valence-corrected chi connectivity index (χ1v) is 7.56. The van der Waals surface area contributed by atoms with Crippen molar-refractivity contribution in [3.63, 3.8) is 0 Å². The lowest BCUT2D eigenvalue weighted by atomic mass is 10.3. The lowest BCUT2D eigenvalue weighted by Crippen LogP contribution is -1.99. The minimum Gasteiger partial charge on any atom is -0.380 e. The van der Waals surface area contributed by atoms with Gasteiger partial charge in [-0.05, 0) is 57.7 Å². The molecular weight excluding hydrogens is 322 g/mol. The normalized spacial score (nSPS) is 10.6. The Balaban J connectivity index is 1.68. The van der Waals surface area contributed by atoms with Crippen molar-refractivity contribution >= 4 is 33.0 Å². The molecule has 19 heavy (non-hydrogen) atoms. The largest absolute Gasteiger partial charge is 0.380 e. The first kappa shape index (κ1) is 12.4. The highest BCUT2D eigenvalue weighted by Crippen LogP contribution is 2.23. The van der Waals surface area contributed by atoms with Crippen LogP contribution in [0, 0.1) is 0 Å². The fourth-order valence-corrected chi connectivity index (χ4v) is 3.22. The van der Waals surface area contributed by atoms with Crippen LogP contribution in [0.5, 0.6) is 0 Å². The maximum absolute atomic E-state index is 4.21. The molecule has 0 aliphatic carbocycles. The van der Waals surface area contributed by atoms with Crippen molar-refractivity contribution in [2.24, 2.45) is 0 Å². The Kier molecular flexibility index (Phi) is 3.66. The number of hydrogen-bond donors (Lipinski definition) is 1. The van der Waals surface area contributed by atoms with Gasteiger partial charge in [0, 0.05) is 27.4 Å². The Bertz CT molecular complexity index is 644. The first-order chi connectivity index (χ1) is 9.33. The molecule has 0 fully saturated rings. The zero-order valence-electron chi connectivity index (χ0n) is 10.1. The summed E-state index contributed by atoms with van der Waals surface area (Å²) in [4.78, 5) is 1.30. The standard InChI is InChI=1S/C14H12BrN3S/c15-13-6-9-19-14(13)10-16-11-2-4-12(5-3-11)18-8-1-7-17-18/h1-9,16H,10H2. The molecule has 0 saturated carbocycles. The second-order valence-corrected chi connectivity index (χ2v) is 5.90. The van der Waals surface area contributed by atoms with Crippen LogP contribution in [0.1, 0.15) is 4.88 Å². The molecule has 3 rings (SSSR count). The maximum Gasteiger partial charge on any atom is 0.0647 e. The van der Waals surface area contributed by atoms with Gasteiger partial charge in [0.1, 0.15) is 0 Å². The van der Waals surface area contributed by atoms with E-state index in [0.29, 0.717) is 0 Å². The lowest BCUT2D eigenvalue weighted by Gasteiger charge is -2.07. The Labute approximate surface area is 124 Å². The molecule has 0 aliphatic heterocycles. The smallest absolute Gasteiger partial charge is 0.0647 e. The van der Waals surface area contributed by atoms with Gasteiger partial charge >= 0.3 is 0 Å². The second kappa shape index (κ2) is 5.59. The highest BCUT2D eigenvalue weighted by atomic mass is 79.9. The van der Waals surface area contributed by atoms with E-state index in [1.807, 2.05) is 16.9 Å². The first-order valence-electron chi connectivity index (χ1n) is 5.89. The van der Waals surface area contributed by atoms with Crippen LogP contribution < -0.4 is 5.32 Å². The highest BCUT2D eigenvalue weighted by Gasteiger charge is 2.01. The van der Waals surface area contributed by atoms with Crippen LogP contribution in [-0.2, 0) is 6.54 Å². The van der Waals surface area contributed by atoms with Gasteiger partial charge in [0.2, 0.25) is 0 Å². The molecule has 0 amide bonds. The molecule has 0 radical (unpaired) electrons. The summed E-state index contributed by atoms with van der Waals surface area (Å²) in [7, 11) is 0. The highest BCUT2D eigenvalue weighted by molar-refractivity contribution is 9.10. The van der Waals surface area contributed by atoms with Gasteiger partial charge < -0.3 is 5.32 Å². The average molecular weight is 334 g/mol. The summed E-state index contributed by atoms with van der Waals surface area (Å²) in [5.74, 6) is 0. The third kappa shape index (κ3) is 2.88. The number of benzene rings is 1. The van der Waals surface area contributed by atoms with Crippen molar-refractivity contribution in [3.8, 4) is 5.69 Å². The van der Waals surface area contributed by atoms with E-state index in [4.69, 9.17) is 0 Å². The van der Waals surface area contributed by atoms with E-state index in [2.05, 4.69) is 62.1 Å². The fraction of sp³-hybridized carbons (Fsp3) is 0.0714. The Morgan fingerprint density at radius 1 is 1.21 bits per heavy atom. The van der Waals surface area contributed by atoms with E-state index in [0.717, 1.165) is 22.4 Å². The summed E-state index contributed by atoms with van der Waals surface area (Å²) in [6.07, 6.45) is 3.71. The molecule has 1 aromatic carbocycles. The van der Waals surface area contributed by atoms with Crippen molar-refractivity contribution < 1.29 is 0 Å². The third-order valence-corrected chi connectivity index (χ3v) is 4.71. The SMILES string of the molecule is Brc1ccsc1CNc1ccc(-n2cccn2)cc1. The number of hydrogen-bond acceptors (Lipinski definition) is 3. The molecule has 0 atom stereocenters. The molecule has 5 heteroatoms. The molecular formula is C14H12BrN3S. The molecule has 2 heterocycles. The molecule has 3 nitrogen and oxygen atoms in total. The summed E-state index contributed by atoms with van der Waals surface area (Å²) in [6, 6.07) is 12.2. The van der Waals surface area contributed by atoms with Gasteiger partial charge in [0.25, 0.3) is 0 Å². The van der Waals surface area contributed by atoms with Gasteiger partial charge in [-0.3, -0.25) is 0 Å². The van der Waals surface area contributed by atoms with E-state index in [9.17, 15) is 0 Å². The van der Waals surface area contributed by atoms with Gasteiger partial charge in [-0.25, -0.2) is 4.68 Å². The van der Waals surface area contributed by atoms with E-state index >= 15 is 0 Å². The number of nitrogens with one attached hydrogen (secondary N) is 1. The van der Waals surface area contributed by atoms with Gasteiger partial charge in [0.15, 0.2) is 0 Å². The van der Waals surface area contributed by atoms with E-state index in [1.165, 1.54) is 4.88 Å². The minimum atomic E-state index is 0.833. The third-order valence-electron chi connectivity index (χ3n) is 2.78. The molecule has 96 valence electrons. The summed E-state index contributed by atoms with van der Waals surface area (Å²) in [6.45, 7) is 0.833. The average Bonchev–Trinajstić information content (AvgIpc) is 3.09. The second-order valence-electron chi connectivity index (χ2n) is 4.04. The van der Waals surface area contributed by atoms with Gasteiger partial charge in [-0.15, -0.1) is 11.3 Å². The van der Waals surface area contributed by atoms with E-state index in [-0.39, 0.29) is 0 Å². The van der Waals surface area contributed by atoms with Gasteiger partial charge in [-0.2, -0.15) is 5.10 Å². The maximum atomic E-state index is 4.21. The minimum absolute atomic E-state index is 0.833. The fourth-order valence-electron chi connectivity index (χ4n) is 1.79. The molecule has 0 spiro atoms. The van der Waals surface area contributed by atoms with Crippen LogP contribution in [0.15, 0.2) is 58.6 Å². The van der Waals surface area contributed by atoms with Crippen LogP contribution in [0.3, 0.4) is 0 Å². The molecule has 0 unspecified atom stereocenters. The number of rotatable bonds is 4. The summed E-state index contributed by atoms with van der Waals surface area (Å²) in [5.41, 5.74) is 2.17. The monoisotopic (exact) mass is 333 g/mol. The Hall–Kier alpha value is -1.59. The van der Waals surface area contributed by atoms with E-state index < -0.39 is 0 Å². The number of halogens is 1. The quantitative estimate of drug-likeness (QED) is 0.771. The molecule has 1 N–H and O–H groups in total. The van der Waals surface area contributed by atoms with E-state index in [1.54, 1.807) is 17.5 Å². The predicted octanol–water partition coefficient (Wildman–Crippen LogP) is 4.31. The topological polar surface area (TPSA) is 29.9 Å². The van der Waals surface area contributed by atoms with Crippen molar-refractivity contribution in [2.75, 3.05) is 5.32 Å². The molecule has 3 aromatic rings. The lowest BCUT2D eigenvalue weighted by molar-refractivity contribution is 0.880. The van der Waals surface area contributed by atoms with Gasteiger partial charge in [-0.1, -0.05) is 0 Å².